The normalized spacial score (nSPS) is 13.2. The number of hydrogen-bond acceptors (Lipinski definition) is 0. The van der Waals surface area contributed by atoms with E-state index >= 15 is 0 Å². The van der Waals surface area contributed by atoms with Crippen LogP contribution in [0.3, 0.4) is 0 Å². The Bertz CT molecular complexity index is 3070. The highest BCUT2D eigenvalue weighted by Gasteiger charge is 2.36. The van der Waals surface area contributed by atoms with Crippen LogP contribution in [-0.2, 0) is 5.41 Å². The molecule has 1 aliphatic rings. The summed E-state index contributed by atoms with van der Waals surface area (Å²) in [5, 5.41) is 10.4. The maximum absolute atomic E-state index is 2.46. The van der Waals surface area contributed by atoms with Crippen molar-refractivity contribution in [3.63, 3.8) is 0 Å². The lowest BCUT2D eigenvalue weighted by atomic mass is 9.80. The molecule has 10 aromatic carbocycles. The summed E-state index contributed by atoms with van der Waals surface area (Å²) in [6, 6.07) is 67.9. The van der Waals surface area contributed by atoms with Gasteiger partial charge in [-0.1, -0.05) is 178 Å². The van der Waals surface area contributed by atoms with Crippen LogP contribution < -0.4 is 0 Å². The SMILES string of the molecule is CC1(C)c2cc(-c3ccccc3-c3ccccc3-c3ccc4ccc5c(-c6ccccc6)ccc6ccc3c4c65)ccc2-c2cc3ccccc3cc21. The van der Waals surface area contributed by atoms with Crippen LogP contribution in [0.5, 0.6) is 0 Å². The lowest BCUT2D eigenvalue weighted by Gasteiger charge is -2.23. The van der Waals surface area contributed by atoms with Crippen molar-refractivity contribution in [2.45, 2.75) is 19.3 Å². The second-order valence-corrected chi connectivity index (χ2v) is 15.2. The van der Waals surface area contributed by atoms with Crippen LogP contribution in [0.2, 0.25) is 0 Å². The third kappa shape index (κ3) is 4.42. The Morgan fingerprint density at radius 1 is 0.283 bits per heavy atom. The third-order valence-electron chi connectivity index (χ3n) is 12.0. The summed E-state index contributed by atoms with van der Waals surface area (Å²) in [5.74, 6) is 0. The van der Waals surface area contributed by atoms with E-state index in [1.807, 2.05) is 0 Å². The second-order valence-electron chi connectivity index (χ2n) is 15.2. The molecule has 248 valence electrons. The van der Waals surface area contributed by atoms with Gasteiger partial charge < -0.3 is 0 Å². The largest absolute Gasteiger partial charge is 0.0622 e. The van der Waals surface area contributed by atoms with Crippen molar-refractivity contribution in [1.29, 1.82) is 0 Å². The van der Waals surface area contributed by atoms with Gasteiger partial charge in [-0.15, -0.1) is 0 Å². The minimum atomic E-state index is -0.0976. The van der Waals surface area contributed by atoms with E-state index in [2.05, 4.69) is 196 Å². The van der Waals surface area contributed by atoms with Crippen LogP contribution in [-0.4, -0.2) is 0 Å². The van der Waals surface area contributed by atoms with Gasteiger partial charge in [0.15, 0.2) is 0 Å². The number of rotatable bonds is 4. The zero-order valence-electron chi connectivity index (χ0n) is 29.8. The van der Waals surface area contributed by atoms with Crippen LogP contribution >= 0.6 is 0 Å². The lowest BCUT2D eigenvalue weighted by molar-refractivity contribution is 0.661. The molecule has 11 rings (SSSR count). The van der Waals surface area contributed by atoms with Crippen LogP contribution in [0.15, 0.2) is 182 Å². The predicted octanol–water partition coefficient (Wildman–Crippen LogP) is 14.7. The van der Waals surface area contributed by atoms with Gasteiger partial charge in [0.05, 0.1) is 0 Å². The molecule has 0 nitrogen and oxygen atoms in total. The maximum atomic E-state index is 2.46. The van der Waals surface area contributed by atoms with Gasteiger partial charge in [-0.2, -0.15) is 0 Å². The Balaban J connectivity index is 1.08. The fourth-order valence-corrected chi connectivity index (χ4v) is 9.42. The number of fused-ring (bicyclic) bond motifs is 4. The van der Waals surface area contributed by atoms with Gasteiger partial charge in [0.25, 0.3) is 0 Å². The predicted molar refractivity (Wildman–Crippen MR) is 227 cm³/mol. The van der Waals surface area contributed by atoms with Gasteiger partial charge in [0.1, 0.15) is 0 Å². The summed E-state index contributed by atoms with van der Waals surface area (Å²) >= 11 is 0. The summed E-state index contributed by atoms with van der Waals surface area (Å²) < 4.78 is 0. The molecule has 0 heterocycles. The maximum Gasteiger partial charge on any atom is 0.0159 e. The molecule has 0 spiro atoms. The summed E-state index contributed by atoms with van der Waals surface area (Å²) in [6.07, 6.45) is 0. The van der Waals surface area contributed by atoms with Crippen molar-refractivity contribution in [2.75, 3.05) is 0 Å². The first-order valence-corrected chi connectivity index (χ1v) is 18.7. The van der Waals surface area contributed by atoms with E-state index in [9.17, 15) is 0 Å². The van der Waals surface area contributed by atoms with Crippen molar-refractivity contribution in [2.24, 2.45) is 0 Å². The minimum Gasteiger partial charge on any atom is -0.0622 e. The Labute approximate surface area is 310 Å². The van der Waals surface area contributed by atoms with E-state index in [4.69, 9.17) is 0 Å². The van der Waals surface area contributed by atoms with Gasteiger partial charge in [-0.05, 0) is 128 Å². The van der Waals surface area contributed by atoms with Crippen LogP contribution in [0.4, 0.5) is 0 Å². The van der Waals surface area contributed by atoms with Crippen molar-refractivity contribution >= 4 is 43.1 Å². The first-order chi connectivity index (χ1) is 26.0. The smallest absolute Gasteiger partial charge is 0.0159 e. The van der Waals surface area contributed by atoms with E-state index in [0.29, 0.717) is 0 Å². The standard InChI is InChI=1S/C53H36/c1-53(2)49-32-38(24-27-45(49)48-30-36-14-6-7-15-37(36)31-50(48)53)39-16-8-9-17-41(39)42-18-10-11-19-43(42)44-26-21-35-22-28-46-40(33-12-4-3-5-13-33)25-20-34-23-29-47(44)52(35)51(34)46/h3-32H,1-2H3. The quantitative estimate of drug-likeness (QED) is 0.163. The molecule has 0 bridgehead atoms. The molecule has 0 heteroatoms. The van der Waals surface area contributed by atoms with Gasteiger partial charge in [0, 0.05) is 5.41 Å². The molecular weight excluding hydrogens is 637 g/mol. The molecule has 53 heavy (non-hydrogen) atoms. The van der Waals surface area contributed by atoms with Gasteiger partial charge >= 0.3 is 0 Å². The number of hydrogen-bond donors (Lipinski definition) is 0. The topological polar surface area (TPSA) is 0 Å². The summed E-state index contributed by atoms with van der Waals surface area (Å²) in [5.41, 5.74) is 15.5. The van der Waals surface area contributed by atoms with Gasteiger partial charge in [0.2, 0.25) is 0 Å². The van der Waals surface area contributed by atoms with Gasteiger partial charge in [-0.25, -0.2) is 0 Å². The molecule has 0 radical (unpaired) electrons. The summed E-state index contributed by atoms with van der Waals surface area (Å²) in [7, 11) is 0. The molecule has 0 aromatic heterocycles. The molecule has 0 saturated heterocycles. The molecule has 0 aliphatic heterocycles. The molecular formula is C53H36. The van der Waals surface area contributed by atoms with Crippen molar-refractivity contribution in [1.82, 2.24) is 0 Å². The first kappa shape index (κ1) is 30.2. The lowest BCUT2D eigenvalue weighted by Crippen LogP contribution is -2.15. The molecule has 0 unspecified atom stereocenters. The summed E-state index contributed by atoms with van der Waals surface area (Å²) in [4.78, 5) is 0. The molecule has 1 aliphatic carbocycles. The zero-order valence-corrected chi connectivity index (χ0v) is 29.8. The number of benzene rings is 10. The summed E-state index contributed by atoms with van der Waals surface area (Å²) in [6.45, 7) is 4.77. The van der Waals surface area contributed by atoms with Crippen LogP contribution in [0.25, 0.3) is 98.7 Å². The monoisotopic (exact) mass is 672 g/mol. The Morgan fingerprint density at radius 3 is 1.47 bits per heavy atom. The van der Waals surface area contributed by atoms with Crippen LogP contribution in [0.1, 0.15) is 25.0 Å². The van der Waals surface area contributed by atoms with Crippen molar-refractivity contribution < 1.29 is 0 Å². The Hall–Kier alpha value is -6.50. The molecule has 10 aromatic rings. The minimum absolute atomic E-state index is 0.0976. The van der Waals surface area contributed by atoms with E-state index in [1.165, 1.54) is 110 Å². The van der Waals surface area contributed by atoms with E-state index in [1.54, 1.807) is 0 Å². The fraction of sp³-hybridized carbons (Fsp3) is 0.0566. The van der Waals surface area contributed by atoms with Crippen molar-refractivity contribution in [3.05, 3.63) is 193 Å². The van der Waals surface area contributed by atoms with E-state index in [0.717, 1.165) is 0 Å². The molecule has 0 saturated carbocycles. The highest BCUT2D eigenvalue weighted by Crippen LogP contribution is 2.52. The molecule has 0 atom stereocenters. The highest BCUT2D eigenvalue weighted by atomic mass is 14.4. The Kier molecular flexibility index (Phi) is 6.40. The second kappa shape index (κ2) is 11.2. The molecule has 0 amide bonds. The van der Waals surface area contributed by atoms with Gasteiger partial charge in [-0.3, -0.25) is 0 Å². The Morgan fingerprint density at radius 2 is 0.774 bits per heavy atom. The fourth-order valence-electron chi connectivity index (χ4n) is 9.42. The first-order valence-electron chi connectivity index (χ1n) is 18.7. The average Bonchev–Trinajstić information content (AvgIpc) is 3.43. The molecule has 0 fully saturated rings. The third-order valence-corrected chi connectivity index (χ3v) is 12.0. The highest BCUT2D eigenvalue weighted by molar-refractivity contribution is 6.28. The van der Waals surface area contributed by atoms with Crippen molar-refractivity contribution in [3.8, 4) is 55.6 Å². The zero-order chi connectivity index (χ0) is 35.3. The van der Waals surface area contributed by atoms with Crippen LogP contribution in [0, 0.1) is 0 Å². The molecule has 0 N–H and O–H groups in total. The van der Waals surface area contributed by atoms with E-state index < -0.39 is 0 Å². The van der Waals surface area contributed by atoms with E-state index in [-0.39, 0.29) is 5.41 Å². The average molecular weight is 673 g/mol.